The van der Waals surface area contributed by atoms with Crippen LogP contribution in [0.25, 0.3) is 33.0 Å². The monoisotopic (exact) mass is 680 g/mol. The SMILES string of the molecule is CC(C)(C)OC(=O)NC(CCCCCCCCCC=O)N1CCN(C(=O)Cn2cc(-c3ccc(-c4cncc5ccccc45)cc3)cn2)CC1. The van der Waals surface area contributed by atoms with E-state index in [1.807, 2.05) is 56.4 Å². The first-order valence-corrected chi connectivity index (χ1v) is 18.1. The Morgan fingerprint density at radius 3 is 2.24 bits per heavy atom. The van der Waals surface area contributed by atoms with Crippen molar-refractivity contribution >= 4 is 29.1 Å². The summed E-state index contributed by atoms with van der Waals surface area (Å²) < 4.78 is 7.28. The summed E-state index contributed by atoms with van der Waals surface area (Å²) in [4.78, 5) is 45.1. The molecule has 0 bridgehead atoms. The van der Waals surface area contributed by atoms with Gasteiger partial charge in [0.05, 0.1) is 12.4 Å². The van der Waals surface area contributed by atoms with E-state index < -0.39 is 11.7 Å². The number of nitrogens with one attached hydrogen (secondary N) is 1. The Labute approximate surface area is 296 Å². The van der Waals surface area contributed by atoms with Crippen molar-refractivity contribution in [3.05, 3.63) is 73.3 Å². The Bertz CT molecular complexity index is 1680. The maximum absolute atomic E-state index is 13.3. The quantitative estimate of drug-likeness (QED) is 0.0966. The minimum absolute atomic E-state index is 0.0305. The van der Waals surface area contributed by atoms with Gasteiger partial charge in [-0.15, -0.1) is 0 Å². The van der Waals surface area contributed by atoms with Crippen LogP contribution in [0.3, 0.4) is 0 Å². The van der Waals surface area contributed by atoms with Crippen LogP contribution in [-0.4, -0.2) is 80.8 Å². The molecule has 266 valence electrons. The zero-order valence-corrected chi connectivity index (χ0v) is 29.9. The summed E-state index contributed by atoms with van der Waals surface area (Å²) in [5, 5.41) is 9.88. The lowest BCUT2D eigenvalue weighted by Gasteiger charge is -2.39. The second-order valence-electron chi connectivity index (χ2n) is 14.2. The predicted molar refractivity (Wildman–Crippen MR) is 197 cm³/mol. The number of nitrogens with zero attached hydrogens (tertiary/aromatic N) is 5. The molecular formula is C40H52N6O4. The summed E-state index contributed by atoms with van der Waals surface area (Å²) in [5.74, 6) is 0.0305. The maximum Gasteiger partial charge on any atom is 0.408 e. The number of pyridine rings is 1. The van der Waals surface area contributed by atoms with Crippen molar-refractivity contribution in [3.63, 3.8) is 0 Å². The molecule has 5 rings (SSSR count). The van der Waals surface area contributed by atoms with Gasteiger partial charge in [0.25, 0.3) is 0 Å². The molecule has 1 aliphatic rings. The highest BCUT2D eigenvalue weighted by Gasteiger charge is 2.28. The largest absolute Gasteiger partial charge is 0.444 e. The van der Waals surface area contributed by atoms with Crippen molar-refractivity contribution in [2.24, 2.45) is 0 Å². The average molecular weight is 681 g/mol. The summed E-state index contributed by atoms with van der Waals surface area (Å²) in [6.45, 7) is 8.29. The molecule has 1 unspecified atom stereocenters. The molecule has 1 fully saturated rings. The lowest BCUT2D eigenvalue weighted by Crippen LogP contribution is -2.57. The van der Waals surface area contributed by atoms with E-state index in [1.165, 1.54) is 5.39 Å². The number of carbonyl (C=O) groups is 3. The van der Waals surface area contributed by atoms with Gasteiger partial charge in [-0.25, -0.2) is 4.79 Å². The molecule has 2 aromatic heterocycles. The number of rotatable bonds is 16. The van der Waals surface area contributed by atoms with E-state index in [-0.39, 0.29) is 18.6 Å². The molecule has 10 nitrogen and oxygen atoms in total. The van der Waals surface area contributed by atoms with Crippen LogP contribution >= 0.6 is 0 Å². The van der Waals surface area contributed by atoms with Crippen molar-refractivity contribution in [2.45, 2.75) is 96.9 Å². The number of ether oxygens (including phenoxy) is 1. The number of carbonyl (C=O) groups excluding carboxylic acids is 3. The van der Waals surface area contributed by atoms with E-state index in [4.69, 9.17) is 4.74 Å². The molecule has 10 heteroatoms. The predicted octanol–water partition coefficient (Wildman–Crippen LogP) is 7.47. The highest BCUT2D eigenvalue weighted by atomic mass is 16.6. The third kappa shape index (κ3) is 10.7. The van der Waals surface area contributed by atoms with Crippen LogP contribution in [0, 0.1) is 0 Å². The standard InChI is InChI=1S/C40H52N6O4/c1-40(2,3)50-39(49)43-37(16-10-8-6-4-5-7-9-13-25-47)44-21-23-45(24-22-44)38(48)30-46-29-34(27-42-46)31-17-19-32(20-18-31)36-28-41-26-33-14-11-12-15-35(33)36/h11-12,14-15,17-20,25-29,37H,4-10,13,16,21-24,30H2,1-3H3,(H,43,49). The maximum atomic E-state index is 13.3. The van der Waals surface area contributed by atoms with E-state index in [2.05, 4.69) is 56.7 Å². The minimum Gasteiger partial charge on any atom is -0.444 e. The fourth-order valence-electron chi connectivity index (χ4n) is 6.55. The number of benzene rings is 2. The number of aromatic nitrogens is 3. The van der Waals surface area contributed by atoms with Gasteiger partial charge in [-0.05, 0) is 50.1 Å². The van der Waals surface area contributed by atoms with Crippen LogP contribution in [0.2, 0.25) is 0 Å². The van der Waals surface area contributed by atoms with Gasteiger partial charge in [0, 0.05) is 67.7 Å². The summed E-state index contributed by atoms with van der Waals surface area (Å²) in [6.07, 6.45) is 17.1. The molecule has 2 aromatic carbocycles. The molecule has 0 radical (unpaired) electrons. The van der Waals surface area contributed by atoms with E-state index in [1.54, 1.807) is 10.9 Å². The van der Waals surface area contributed by atoms with E-state index in [0.29, 0.717) is 32.6 Å². The van der Waals surface area contributed by atoms with Gasteiger partial charge in [0.1, 0.15) is 18.4 Å². The third-order valence-corrected chi connectivity index (χ3v) is 9.22. The third-order valence-electron chi connectivity index (χ3n) is 9.22. The number of fused-ring (bicyclic) bond motifs is 1. The lowest BCUT2D eigenvalue weighted by molar-refractivity contribution is -0.134. The normalized spacial score (nSPS) is 14.4. The summed E-state index contributed by atoms with van der Waals surface area (Å²) in [6, 6.07) is 16.6. The summed E-state index contributed by atoms with van der Waals surface area (Å²) in [5.41, 5.74) is 3.61. The first-order valence-electron chi connectivity index (χ1n) is 18.1. The molecule has 1 N–H and O–H groups in total. The van der Waals surface area contributed by atoms with E-state index in [0.717, 1.165) is 85.3 Å². The first kappa shape index (κ1) is 36.7. The van der Waals surface area contributed by atoms with Gasteiger partial charge in [-0.2, -0.15) is 5.10 Å². The minimum atomic E-state index is -0.575. The van der Waals surface area contributed by atoms with Crippen molar-refractivity contribution < 1.29 is 19.1 Å². The Hall–Kier alpha value is -4.57. The van der Waals surface area contributed by atoms with Gasteiger partial charge in [0.15, 0.2) is 0 Å². The number of piperazine rings is 1. The molecule has 1 aliphatic heterocycles. The average Bonchev–Trinajstić information content (AvgIpc) is 3.58. The zero-order valence-electron chi connectivity index (χ0n) is 29.9. The molecule has 1 saturated heterocycles. The van der Waals surface area contributed by atoms with Crippen molar-refractivity contribution in [1.82, 2.24) is 29.9 Å². The Kier molecular flexibility index (Phi) is 13.1. The number of hydrogen-bond donors (Lipinski definition) is 1. The molecule has 0 spiro atoms. The van der Waals surface area contributed by atoms with Crippen LogP contribution in [0.1, 0.15) is 78.6 Å². The molecule has 0 aliphatic carbocycles. The number of alkyl carbamates (subject to hydrolysis) is 1. The highest BCUT2D eigenvalue weighted by molar-refractivity contribution is 5.95. The number of unbranched alkanes of at least 4 members (excludes halogenated alkanes) is 7. The fourth-order valence-corrected chi connectivity index (χ4v) is 6.55. The molecule has 0 saturated carbocycles. The number of amides is 2. The molecule has 50 heavy (non-hydrogen) atoms. The Balaban J connectivity index is 1.11. The van der Waals surface area contributed by atoms with Crippen molar-refractivity contribution in [1.29, 1.82) is 0 Å². The van der Waals surface area contributed by atoms with Crippen LogP contribution in [0.4, 0.5) is 4.79 Å². The van der Waals surface area contributed by atoms with Crippen LogP contribution in [0.15, 0.2) is 73.3 Å². The molecular weight excluding hydrogens is 628 g/mol. The number of hydrogen-bond acceptors (Lipinski definition) is 7. The van der Waals surface area contributed by atoms with Crippen LogP contribution in [-0.2, 0) is 20.9 Å². The molecule has 2 amide bonds. The molecule has 4 aromatic rings. The lowest BCUT2D eigenvalue weighted by atomic mass is 9.99. The van der Waals surface area contributed by atoms with E-state index in [9.17, 15) is 14.4 Å². The van der Waals surface area contributed by atoms with Gasteiger partial charge in [-0.1, -0.05) is 87.1 Å². The van der Waals surface area contributed by atoms with Gasteiger partial charge in [0.2, 0.25) is 5.91 Å². The zero-order chi connectivity index (χ0) is 35.3. The second kappa shape index (κ2) is 17.9. The van der Waals surface area contributed by atoms with E-state index >= 15 is 0 Å². The summed E-state index contributed by atoms with van der Waals surface area (Å²) >= 11 is 0. The fraction of sp³-hybridized carbons (Fsp3) is 0.475. The number of aldehydes is 1. The van der Waals surface area contributed by atoms with Gasteiger partial charge in [-0.3, -0.25) is 19.4 Å². The topological polar surface area (TPSA) is 110 Å². The summed E-state index contributed by atoms with van der Waals surface area (Å²) in [7, 11) is 0. The molecule has 3 heterocycles. The van der Waals surface area contributed by atoms with Crippen molar-refractivity contribution in [3.8, 4) is 22.3 Å². The van der Waals surface area contributed by atoms with Gasteiger partial charge >= 0.3 is 6.09 Å². The van der Waals surface area contributed by atoms with Gasteiger partial charge < -0.3 is 19.7 Å². The van der Waals surface area contributed by atoms with Crippen molar-refractivity contribution in [2.75, 3.05) is 26.2 Å². The Morgan fingerprint density at radius 1 is 0.840 bits per heavy atom. The smallest absolute Gasteiger partial charge is 0.408 e. The van der Waals surface area contributed by atoms with Crippen LogP contribution < -0.4 is 5.32 Å². The second-order valence-corrected chi connectivity index (χ2v) is 14.2. The molecule has 1 atom stereocenters. The highest BCUT2D eigenvalue weighted by Crippen LogP contribution is 2.29. The van der Waals surface area contributed by atoms with Crippen LogP contribution in [0.5, 0.6) is 0 Å². The first-order chi connectivity index (χ1) is 24.2. The Morgan fingerprint density at radius 2 is 1.52 bits per heavy atom.